The fourth-order valence-electron chi connectivity index (χ4n) is 2.08. The predicted molar refractivity (Wildman–Crippen MR) is 70.1 cm³/mol. The Morgan fingerprint density at radius 1 is 1.28 bits per heavy atom. The summed E-state index contributed by atoms with van der Waals surface area (Å²) in [5.74, 6) is -0.00986. The van der Waals surface area contributed by atoms with E-state index < -0.39 is 6.04 Å². The highest BCUT2D eigenvalue weighted by atomic mass is 16.5. The molecule has 1 aromatic carbocycles. The highest BCUT2D eigenvalue weighted by Gasteiger charge is 2.23. The topological polar surface area (TPSA) is 55.6 Å². The van der Waals surface area contributed by atoms with E-state index in [-0.39, 0.29) is 5.91 Å². The predicted octanol–water partition coefficient (Wildman–Crippen LogP) is 1.24. The van der Waals surface area contributed by atoms with Gasteiger partial charge in [-0.05, 0) is 18.9 Å². The first-order valence-corrected chi connectivity index (χ1v) is 6.37. The number of nitrogens with zero attached hydrogens (tertiary/aromatic N) is 1. The number of carbonyl (C=O) groups excluding carboxylic acids is 1. The molecule has 98 valence electrons. The average molecular weight is 248 g/mol. The first kappa shape index (κ1) is 13.1. The minimum atomic E-state index is -0.566. The first-order valence-electron chi connectivity index (χ1n) is 6.37. The molecular weight excluding hydrogens is 228 g/mol. The molecule has 18 heavy (non-hydrogen) atoms. The third-order valence-corrected chi connectivity index (χ3v) is 3.24. The highest BCUT2D eigenvalue weighted by molar-refractivity contribution is 5.83. The molecule has 0 aliphatic carbocycles. The van der Waals surface area contributed by atoms with Gasteiger partial charge < -0.3 is 15.4 Å². The lowest BCUT2D eigenvalue weighted by Gasteiger charge is -2.23. The minimum absolute atomic E-state index is 0.00986. The Hall–Kier alpha value is -1.39. The smallest absolute Gasteiger partial charge is 0.244 e. The Morgan fingerprint density at radius 2 is 2.00 bits per heavy atom. The average Bonchev–Trinajstić information content (AvgIpc) is 2.67. The van der Waals surface area contributed by atoms with Crippen LogP contribution in [0.15, 0.2) is 24.3 Å². The van der Waals surface area contributed by atoms with Gasteiger partial charge in [0, 0.05) is 19.7 Å². The van der Waals surface area contributed by atoms with Crippen molar-refractivity contribution in [2.24, 2.45) is 5.73 Å². The van der Waals surface area contributed by atoms with Gasteiger partial charge in [-0.15, -0.1) is 0 Å². The molecule has 1 aliphatic rings. The SMILES string of the molecule is Cc1ccc(C(N)C(=O)N2CCCOCC2)cc1. The van der Waals surface area contributed by atoms with Gasteiger partial charge in [0.15, 0.2) is 0 Å². The molecule has 0 bridgehead atoms. The minimum Gasteiger partial charge on any atom is -0.380 e. The van der Waals surface area contributed by atoms with Crippen LogP contribution in [0.1, 0.15) is 23.6 Å². The summed E-state index contributed by atoms with van der Waals surface area (Å²) in [4.78, 5) is 14.1. The summed E-state index contributed by atoms with van der Waals surface area (Å²) in [6, 6.07) is 7.24. The van der Waals surface area contributed by atoms with Gasteiger partial charge in [-0.3, -0.25) is 4.79 Å². The normalized spacial score (nSPS) is 18.2. The van der Waals surface area contributed by atoms with Gasteiger partial charge in [0.05, 0.1) is 6.61 Å². The molecule has 4 nitrogen and oxygen atoms in total. The zero-order chi connectivity index (χ0) is 13.0. The number of amides is 1. The van der Waals surface area contributed by atoms with E-state index in [0.717, 1.165) is 25.1 Å². The number of aryl methyl sites for hydroxylation is 1. The van der Waals surface area contributed by atoms with Crippen molar-refractivity contribution >= 4 is 5.91 Å². The van der Waals surface area contributed by atoms with E-state index in [0.29, 0.717) is 13.2 Å². The largest absolute Gasteiger partial charge is 0.380 e. The quantitative estimate of drug-likeness (QED) is 0.857. The number of hydrogen-bond acceptors (Lipinski definition) is 3. The van der Waals surface area contributed by atoms with Crippen LogP contribution in [0.25, 0.3) is 0 Å². The molecule has 1 atom stereocenters. The van der Waals surface area contributed by atoms with Gasteiger partial charge in [-0.1, -0.05) is 29.8 Å². The fraction of sp³-hybridized carbons (Fsp3) is 0.500. The molecule has 0 spiro atoms. The van der Waals surface area contributed by atoms with E-state index in [2.05, 4.69) is 0 Å². The molecule has 2 rings (SSSR count). The molecule has 4 heteroatoms. The summed E-state index contributed by atoms with van der Waals surface area (Å²) in [5.41, 5.74) is 8.08. The van der Waals surface area contributed by atoms with Crippen LogP contribution in [-0.2, 0) is 9.53 Å². The summed E-state index contributed by atoms with van der Waals surface area (Å²) in [6.45, 7) is 4.72. The van der Waals surface area contributed by atoms with Gasteiger partial charge >= 0.3 is 0 Å². The summed E-state index contributed by atoms with van der Waals surface area (Å²) < 4.78 is 5.34. The van der Waals surface area contributed by atoms with Gasteiger partial charge in [-0.25, -0.2) is 0 Å². The van der Waals surface area contributed by atoms with E-state index >= 15 is 0 Å². The van der Waals surface area contributed by atoms with Crippen molar-refractivity contribution in [3.8, 4) is 0 Å². The fourth-order valence-corrected chi connectivity index (χ4v) is 2.08. The second-order valence-electron chi connectivity index (χ2n) is 4.68. The van der Waals surface area contributed by atoms with Gasteiger partial charge in [0.25, 0.3) is 0 Å². The maximum absolute atomic E-state index is 12.3. The van der Waals surface area contributed by atoms with Crippen molar-refractivity contribution < 1.29 is 9.53 Å². The molecular formula is C14H20N2O2. The summed E-state index contributed by atoms with van der Waals surface area (Å²) in [5, 5.41) is 0. The van der Waals surface area contributed by atoms with Crippen LogP contribution in [0.5, 0.6) is 0 Å². The third-order valence-electron chi connectivity index (χ3n) is 3.24. The number of ether oxygens (including phenoxy) is 1. The van der Waals surface area contributed by atoms with Crippen molar-refractivity contribution in [3.63, 3.8) is 0 Å². The summed E-state index contributed by atoms with van der Waals surface area (Å²) >= 11 is 0. The van der Waals surface area contributed by atoms with Crippen molar-refractivity contribution in [1.82, 2.24) is 4.90 Å². The lowest BCUT2D eigenvalue weighted by molar-refractivity contribution is -0.132. The molecule has 1 heterocycles. The number of nitrogens with two attached hydrogens (primary N) is 1. The van der Waals surface area contributed by atoms with Crippen LogP contribution in [0.4, 0.5) is 0 Å². The second kappa shape index (κ2) is 5.98. The maximum Gasteiger partial charge on any atom is 0.244 e. The Bertz CT molecular complexity index is 395. The Balaban J connectivity index is 2.05. The van der Waals surface area contributed by atoms with Crippen molar-refractivity contribution in [2.75, 3.05) is 26.3 Å². The Labute approximate surface area is 108 Å². The lowest BCUT2D eigenvalue weighted by Crippen LogP contribution is -2.39. The molecule has 0 radical (unpaired) electrons. The molecule has 1 saturated heterocycles. The number of carbonyl (C=O) groups is 1. The first-order chi connectivity index (χ1) is 8.68. The van der Waals surface area contributed by atoms with Gasteiger partial charge in [0.1, 0.15) is 6.04 Å². The zero-order valence-electron chi connectivity index (χ0n) is 10.8. The van der Waals surface area contributed by atoms with E-state index in [1.54, 1.807) is 4.90 Å². The monoisotopic (exact) mass is 248 g/mol. The molecule has 1 aromatic rings. The van der Waals surface area contributed by atoms with Crippen LogP contribution in [0.2, 0.25) is 0 Å². The van der Waals surface area contributed by atoms with Crippen LogP contribution in [0.3, 0.4) is 0 Å². The number of benzene rings is 1. The van der Waals surface area contributed by atoms with Crippen LogP contribution >= 0.6 is 0 Å². The van der Waals surface area contributed by atoms with Crippen LogP contribution < -0.4 is 5.73 Å². The highest BCUT2D eigenvalue weighted by Crippen LogP contribution is 2.15. The molecule has 1 unspecified atom stereocenters. The second-order valence-corrected chi connectivity index (χ2v) is 4.68. The molecule has 1 aliphatic heterocycles. The summed E-state index contributed by atoms with van der Waals surface area (Å²) in [6.07, 6.45) is 0.881. The molecule has 1 fully saturated rings. The maximum atomic E-state index is 12.3. The van der Waals surface area contributed by atoms with Crippen molar-refractivity contribution in [3.05, 3.63) is 35.4 Å². The molecule has 2 N–H and O–H groups in total. The van der Waals surface area contributed by atoms with Gasteiger partial charge in [0.2, 0.25) is 5.91 Å². The van der Waals surface area contributed by atoms with Crippen LogP contribution in [-0.4, -0.2) is 37.1 Å². The summed E-state index contributed by atoms with van der Waals surface area (Å²) in [7, 11) is 0. The Kier molecular flexibility index (Phi) is 4.33. The Morgan fingerprint density at radius 3 is 2.72 bits per heavy atom. The van der Waals surface area contributed by atoms with E-state index in [1.807, 2.05) is 31.2 Å². The van der Waals surface area contributed by atoms with E-state index in [4.69, 9.17) is 10.5 Å². The van der Waals surface area contributed by atoms with Crippen LogP contribution in [0, 0.1) is 6.92 Å². The van der Waals surface area contributed by atoms with E-state index in [1.165, 1.54) is 5.56 Å². The van der Waals surface area contributed by atoms with Gasteiger partial charge in [-0.2, -0.15) is 0 Å². The van der Waals surface area contributed by atoms with Crippen molar-refractivity contribution in [1.29, 1.82) is 0 Å². The van der Waals surface area contributed by atoms with Crippen molar-refractivity contribution in [2.45, 2.75) is 19.4 Å². The lowest BCUT2D eigenvalue weighted by atomic mass is 10.0. The van der Waals surface area contributed by atoms with E-state index in [9.17, 15) is 4.79 Å². The standard InChI is InChI=1S/C14H20N2O2/c1-11-3-5-12(6-4-11)13(15)14(17)16-7-2-9-18-10-8-16/h3-6,13H,2,7-10,15H2,1H3. The molecule has 0 aromatic heterocycles. The molecule has 0 saturated carbocycles. The zero-order valence-corrected chi connectivity index (χ0v) is 10.8. The number of rotatable bonds is 2. The molecule has 1 amide bonds. The third kappa shape index (κ3) is 3.09. The number of hydrogen-bond donors (Lipinski definition) is 1.